The highest BCUT2D eigenvalue weighted by atomic mass is 14.2. The van der Waals surface area contributed by atoms with E-state index in [-0.39, 0.29) is 0 Å². The summed E-state index contributed by atoms with van der Waals surface area (Å²) in [7, 11) is 0. The van der Waals surface area contributed by atoms with E-state index in [0.29, 0.717) is 0 Å². The summed E-state index contributed by atoms with van der Waals surface area (Å²) in [5.41, 5.74) is 0. The largest absolute Gasteiger partial charge is 0.202 e. The molecule has 0 spiro atoms. The summed E-state index contributed by atoms with van der Waals surface area (Å²) in [6, 6.07) is 0. The summed E-state index contributed by atoms with van der Waals surface area (Å²) in [5, 5.41) is 6.50. The highest BCUT2D eigenvalue weighted by molar-refractivity contribution is 4.79. The van der Waals surface area contributed by atoms with E-state index in [0.717, 1.165) is 0 Å². The fourth-order valence-corrected chi connectivity index (χ4v) is 0. The second-order valence-corrected chi connectivity index (χ2v) is 0.866. The molecule has 0 aromatic rings. The molecule has 0 aromatic carbocycles. The van der Waals surface area contributed by atoms with E-state index >= 15 is 0 Å². The van der Waals surface area contributed by atoms with Crippen LogP contribution in [0.15, 0.2) is 0 Å². The molecule has 1 heteroatoms. The molecule has 0 aliphatic heterocycles. The lowest BCUT2D eigenvalue weighted by Gasteiger charge is -1.05. The molecule has 1 nitrogen and oxygen atoms in total. The molecule has 1 saturated carbocycles. The van der Waals surface area contributed by atoms with Gasteiger partial charge in [-0.2, -0.15) is 0 Å². The van der Waals surface area contributed by atoms with Crippen LogP contribution in [0.3, 0.4) is 0 Å². The lowest BCUT2D eigenvalue weighted by Crippen LogP contribution is -0.898. The van der Waals surface area contributed by atoms with Crippen LogP contribution in [0.1, 0.15) is 12.8 Å². The molecule has 1 rings (SSSR count). The van der Waals surface area contributed by atoms with Crippen molar-refractivity contribution >= 4 is 0 Å². The summed E-state index contributed by atoms with van der Waals surface area (Å²) in [6.07, 6.45) is 5.00. The van der Waals surface area contributed by atoms with Crippen LogP contribution in [0.2, 0.25) is 0 Å². The number of hydrogen-bond acceptors (Lipinski definition) is 1. The molecule has 1 aliphatic carbocycles. The third-order valence-electron chi connectivity index (χ3n) is 0.289. The van der Waals surface area contributed by atoms with Crippen molar-refractivity contribution in [1.29, 1.82) is 5.26 Å². The minimum atomic E-state index is 1.38. The third-order valence-corrected chi connectivity index (χ3v) is 0.289. The maximum absolute atomic E-state index is 6.50. The second kappa shape index (κ2) is 3.49. The van der Waals surface area contributed by atoms with Gasteiger partial charge in [0.25, 0.3) is 0 Å². The maximum Gasteiger partial charge on any atom is 0.0462 e. The normalized spacial score (nSPS) is 14.8. The summed E-state index contributed by atoms with van der Waals surface area (Å²) in [6.45, 7) is 3.50. The zero-order valence-electron chi connectivity index (χ0n) is 3.02. The quantitative estimate of drug-likeness (QED) is 0.417. The Bertz CT molecular complexity index is 25.1. The molecular formula is C4H6N. The highest BCUT2D eigenvalue weighted by Gasteiger charge is 1.95. The Morgan fingerprint density at radius 2 is 1.60 bits per heavy atom. The van der Waals surface area contributed by atoms with Crippen molar-refractivity contribution < 1.29 is 0 Å². The molecule has 5 heavy (non-hydrogen) atoms. The first-order valence-corrected chi connectivity index (χ1v) is 1.57. The third kappa shape index (κ3) is 32.3. The average Bonchev–Trinajstić information content (AvgIpc) is 2.19. The smallest absolute Gasteiger partial charge is 0.0462 e. The molecule has 1 radical (unpaired) electrons. The van der Waals surface area contributed by atoms with Crippen LogP contribution in [0, 0.1) is 18.3 Å². The van der Waals surface area contributed by atoms with E-state index in [4.69, 9.17) is 5.26 Å². The van der Waals surface area contributed by atoms with Crippen LogP contribution >= 0.6 is 0 Å². The van der Waals surface area contributed by atoms with Crippen LogP contribution in [-0.2, 0) is 0 Å². The van der Waals surface area contributed by atoms with E-state index in [9.17, 15) is 0 Å². The summed E-state index contributed by atoms with van der Waals surface area (Å²) in [5.74, 6) is 0. The predicted octanol–water partition coefficient (Wildman–Crippen LogP) is 1.12. The Kier molecular flexibility index (Phi) is 3.13. The van der Waals surface area contributed by atoms with Gasteiger partial charge in [0.05, 0.1) is 0 Å². The molecule has 0 amide bonds. The number of hydrogen-bond donors (Lipinski definition) is 0. The summed E-state index contributed by atoms with van der Waals surface area (Å²) >= 11 is 0. The first kappa shape index (κ1) is 4.49. The summed E-state index contributed by atoms with van der Waals surface area (Å²) < 4.78 is 0. The molecule has 1 aliphatic rings. The van der Waals surface area contributed by atoms with Gasteiger partial charge in [0.2, 0.25) is 0 Å². The standard InChI is InChI=1S/C3H5.CHN/c1-2-3-1;1-2/h1H,2-3H2;1H. The number of nitriles is 1. The molecule has 0 unspecified atom stereocenters. The molecule has 0 heterocycles. The molecule has 0 aromatic heterocycles. The van der Waals surface area contributed by atoms with Gasteiger partial charge in [0.15, 0.2) is 0 Å². The van der Waals surface area contributed by atoms with E-state index in [1.54, 1.807) is 0 Å². The molecule has 0 bridgehead atoms. The Morgan fingerprint density at radius 3 is 1.60 bits per heavy atom. The minimum absolute atomic E-state index is 1.38. The van der Waals surface area contributed by atoms with Crippen molar-refractivity contribution in [3.63, 3.8) is 0 Å². The van der Waals surface area contributed by atoms with E-state index in [2.05, 4.69) is 13.0 Å². The fraction of sp³-hybridized carbons (Fsp3) is 0.500. The van der Waals surface area contributed by atoms with E-state index < -0.39 is 0 Å². The van der Waals surface area contributed by atoms with Gasteiger partial charge < -0.3 is 0 Å². The van der Waals surface area contributed by atoms with Crippen LogP contribution in [0.5, 0.6) is 0 Å². The van der Waals surface area contributed by atoms with Crippen LogP contribution in [-0.4, -0.2) is 0 Å². The minimum Gasteiger partial charge on any atom is -0.202 e. The Balaban J connectivity index is 0.0000000733. The monoisotopic (exact) mass is 68.1 g/mol. The van der Waals surface area contributed by atoms with Crippen molar-refractivity contribution in [3.05, 3.63) is 6.42 Å². The zero-order chi connectivity index (χ0) is 4.12. The van der Waals surface area contributed by atoms with Crippen molar-refractivity contribution in [1.82, 2.24) is 0 Å². The van der Waals surface area contributed by atoms with Gasteiger partial charge >= 0.3 is 0 Å². The zero-order valence-corrected chi connectivity index (χ0v) is 3.02. The Morgan fingerprint density at radius 1 is 1.40 bits per heavy atom. The maximum atomic E-state index is 6.50. The van der Waals surface area contributed by atoms with Gasteiger partial charge in [0, 0.05) is 6.57 Å². The summed E-state index contributed by atoms with van der Waals surface area (Å²) in [4.78, 5) is 0. The van der Waals surface area contributed by atoms with Crippen molar-refractivity contribution in [2.45, 2.75) is 12.8 Å². The van der Waals surface area contributed by atoms with Crippen LogP contribution in [0.25, 0.3) is 0 Å². The fourth-order valence-electron chi connectivity index (χ4n) is 0. The molecule has 0 saturated heterocycles. The predicted molar refractivity (Wildman–Crippen MR) is 20.2 cm³/mol. The number of rotatable bonds is 0. The molecule has 0 N–H and O–H groups in total. The molecule has 0 atom stereocenters. The van der Waals surface area contributed by atoms with Crippen molar-refractivity contribution in [2.24, 2.45) is 0 Å². The first-order valence-electron chi connectivity index (χ1n) is 1.57. The molecule has 27 valence electrons. The second-order valence-electron chi connectivity index (χ2n) is 0.866. The van der Waals surface area contributed by atoms with Gasteiger partial charge in [-0.15, -0.1) is 0 Å². The lowest BCUT2D eigenvalue weighted by atomic mass is 11.0. The van der Waals surface area contributed by atoms with Gasteiger partial charge in [-0.25, -0.2) is 5.26 Å². The average molecular weight is 68.1 g/mol. The van der Waals surface area contributed by atoms with Gasteiger partial charge in [0.1, 0.15) is 0 Å². The topological polar surface area (TPSA) is 23.8 Å². The number of nitrogens with zero attached hydrogens (tertiary/aromatic N) is 1. The lowest BCUT2D eigenvalue weighted by molar-refractivity contribution is 1.50. The molecule has 1 fully saturated rings. The Hall–Kier alpha value is -0.510. The van der Waals surface area contributed by atoms with Crippen molar-refractivity contribution in [3.8, 4) is 6.57 Å². The van der Waals surface area contributed by atoms with Gasteiger partial charge in [-0.05, 0) is 19.3 Å². The van der Waals surface area contributed by atoms with Gasteiger partial charge in [-0.3, -0.25) is 0 Å². The first-order chi connectivity index (χ1) is 2.50. The SMILES string of the molecule is C#N.[CH]1CC1. The van der Waals surface area contributed by atoms with Crippen LogP contribution < -0.4 is 0 Å². The molecular weight excluding hydrogens is 62.1 g/mol. The Labute approximate surface area is 32.2 Å². The van der Waals surface area contributed by atoms with Crippen molar-refractivity contribution in [2.75, 3.05) is 0 Å². The van der Waals surface area contributed by atoms with E-state index in [1.807, 2.05) is 0 Å². The van der Waals surface area contributed by atoms with Gasteiger partial charge in [-0.1, -0.05) is 0 Å². The highest BCUT2D eigenvalue weighted by Crippen LogP contribution is 2.12. The van der Waals surface area contributed by atoms with E-state index in [1.165, 1.54) is 12.8 Å². The van der Waals surface area contributed by atoms with Crippen LogP contribution in [0.4, 0.5) is 0 Å².